The van der Waals surface area contributed by atoms with Gasteiger partial charge in [0.05, 0.1) is 21.8 Å². The molecule has 0 amide bonds. The van der Waals surface area contributed by atoms with Crippen LogP contribution in [-0.4, -0.2) is 20.6 Å². The third-order valence-corrected chi connectivity index (χ3v) is 6.32. The van der Waals surface area contributed by atoms with Crippen molar-refractivity contribution >= 4 is 28.4 Å². The lowest BCUT2D eigenvalue weighted by Crippen LogP contribution is -2.24. The molecule has 0 bridgehead atoms. The van der Waals surface area contributed by atoms with E-state index in [1.807, 2.05) is 87.5 Å². The summed E-state index contributed by atoms with van der Waals surface area (Å²) in [5.74, 6) is 0.00974. The number of ketones is 1. The van der Waals surface area contributed by atoms with Crippen molar-refractivity contribution in [2.45, 2.75) is 31.2 Å². The predicted molar refractivity (Wildman–Crippen MR) is 123 cm³/mol. The molecular formula is C25H22N2O2S. The van der Waals surface area contributed by atoms with E-state index >= 15 is 0 Å². The quantitative estimate of drug-likeness (QED) is 0.250. The van der Waals surface area contributed by atoms with Crippen molar-refractivity contribution in [3.8, 4) is 5.69 Å². The van der Waals surface area contributed by atoms with E-state index in [-0.39, 0.29) is 11.3 Å². The number of nitrogens with zero attached hydrogens (tertiary/aromatic N) is 2. The monoisotopic (exact) mass is 414 g/mol. The van der Waals surface area contributed by atoms with E-state index in [9.17, 15) is 9.59 Å². The minimum atomic E-state index is -0.392. The van der Waals surface area contributed by atoms with Crippen LogP contribution in [0, 0.1) is 13.8 Å². The number of carbonyl (C=O) groups excluding carboxylic acids is 1. The Labute approximate surface area is 179 Å². The zero-order chi connectivity index (χ0) is 21.3. The summed E-state index contributed by atoms with van der Waals surface area (Å²) in [5, 5.41) is 0.686. The molecule has 1 heterocycles. The first kappa shape index (κ1) is 20.1. The topological polar surface area (TPSA) is 52.0 Å². The largest absolute Gasteiger partial charge is 0.293 e. The average molecular weight is 415 g/mol. The summed E-state index contributed by atoms with van der Waals surface area (Å²) in [5.41, 5.74) is 4.05. The molecule has 0 spiro atoms. The fraction of sp³-hybridized carbons (Fsp3) is 0.160. The minimum Gasteiger partial charge on any atom is -0.293 e. The third kappa shape index (κ3) is 3.68. The van der Waals surface area contributed by atoms with Gasteiger partial charge in [-0.25, -0.2) is 4.98 Å². The summed E-state index contributed by atoms with van der Waals surface area (Å²) in [6.07, 6.45) is 0. The van der Waals surface area contributed by atoms with Gasteiger partial charge in [-0.2, -0.15) is 0 Å². The summed E-state index contributed by atoms with van der Waals surface area (Å²) in [7, 11) is 0. The van der Waals surface area contributed by atoms with Crippen LogP contribution in [0.3, 0.4) is 0 Å². The van der Waals surface area contributed by atoms with E-state index in [1.54, 1.807) is 10.6 Å². The normalized spacial score (nSPS) is 12.1. The van der Waals surface area contributed by atoms with Gasteiger partial charge in [0.2, 0.25) is 0 Å². The SMILES string of the molecule is Cc1cccc(-n2c(SC(C)C(=O)c3ccccc3)nc3ccccc3c2=O)c1C. The second-order valence-corrected chi connectivity index (χ2v) is 8.57. The van der Waals surface area contributed by atoms with Crippen LogP contribution < -0.4 is 5.56 Å². The molecule has 0 saturated carbocycles. The molecule has 4 rings (SSSR count). The first-order valence-corrected chi connectivity index (χ1v) is 10.7. The maximum Gasteiger partial charge on any atom is 0.266 e. The number of fused-ring (bicyclic) bond motifs is 1. The van der Waals surface area contributed by atoms with Gasteiger partial charge in [-0.15, -0.1) is 0 Å². The summed E-state index contributed by atoms with van der Waals surface area (Å²) >= 11 is 1.31. The van der Waals surface area contributed by atoms with Crippen LogP contribution in [0.2, 0.25) is 0 Å². The molecule has 0 aliphatic carbocycles. The molecule has 0 aliphatic heterocycles. The highest BCUT2D eigenvalue weighted by atomic mass is 32.2. The van der Waals surface area contributed by atoms with E-state index in [4.69, 9.17) is 4.98 Å². The number of carbonyl (C=O) groups is 1. The predicted octanol–water partition coefficient (Wildman–Crippen LogP) is 5.37. The molecule has 0 radical (unpaired) electrons. The van der Waals surface area contributed by atoms with Crippen molar-refractivity contribution in [2.75, 3.05) is 0 Å². The molecule has 5 heteroatoms. The maximum absolute atomic E-state index is 13.5. The van der Waals surface area contributed by atoms with E-state index in [0.717, 1.165) is 16.8 Å². The Balaban J connectivity index is 1.87. The van der Waals surface area contributed by atoms with Gasteiger partial charge in [-0.1, -0.05) is 66.4 Å². The highest BCUT2D eigenvalue weighted by Gasteiger charge is 2.22. The van der Waals surface area contributed by atoms with Crippen LogP contribution >= 0.6 is 11.8 Å². The fourth-order valence-electron chi connectivity index (χ4n) is 3.43. The second-order valence-electron chi connectivity index (χ2n) is 7.26. The Morgan fingerprint density at radius 1 is 0.933 bits per heavy atom. The fourth-order valence-corrected chi connectivity index (χ4v) is 4.43. The van der Waals surface area contributed by atoms with Crippen molar-refractivity contribution in [1.82, 2.24) is 9.55 Å². The first-order valence-electron chi connectivity index (χ1n) is 9.81. The standard InChI is InChI=1S/C25H22N2O2S/c1-16-10-9-15-22(17(16)2)27-24(29)20-13-7-8-14-21(20)26-25(27)30-18(3)23(28)19-11-5-4-6-12-19/h4-15,18H,1-3H3. The van der Waals surface area contributed by atoms with Crippen LogP contribution in [0.1, 0.15) is 28.4 Å². The highest BCUT2D eigenvalue weighted by Crippen LogP contribution is 2.28. The number of Topliss-reactive ketones (excluding diaryl/α,β-unsaturated/α-hetero) is 1. The van der Waals surface area contributed by atoms with Gasteiger partial charge in [0.25, 0.3) is 5.56 Å². The second kappa shape index (κ2) is 8.28. The lowest BCUT2D eigenvalue weighted by atomic mass is 10.1. The Morgan fingerprint density at radius 2 is 1.63 bits per heavy atom. The van der Waals surface area contributed by atoms with Gasteiger partial charge >= 0.3 is 0 Å². The molecule has 0 fully saturated rings. The number of rotatable bonds is 5. The van der Waals surface area contributed by atoms with Gasteiger partial charge in [0.15, 0.2) is 10.9 Å². The molecule has 1 aromatic heterocycles. The molecule has 4 nitrogen and oxygen atoms in total. The van der Waals surface area contributed by atoms with Gasteiger partial charge < -0.3 is 0 Å². The molecule has 1 atom stereocenters. The van der Waals surface area contributed by atoms with Crippen LogP contribution in [0.25, 0.3) is 16.6 Å². The average Bonchev–Trinajstić information content (AvgIpc) is 2.76. The van der Waals surface area contributed by atoms with Crippen molar-refractivity contribution in [3.05, 3.63) is 99.8 Å². The number of thioether (sulfide) groups is 1. The third-order valence-electron chi connectivity index (χ3n) is 5.27. The molecule has 3 aromatic carbocycles. The smallest absolute Gasteiger partial charge is 0.266 e. The zero-order valence-electron chi connectivity index (χ0n) is 17.1. The van der Waals surface area contributed by atoms with Crippen LogP contribution in [-0.2, 0) is 0 Å². The highest BCUT2D eigenvalue weighted by molar-refractivity contribution is 8.00. The van der Waals surface area contributed by atoms with Gasteiger partial charge in [-0.05, 0) is 50.1 Å². The van der Waals surface area contributed by atoms with Crippen molar-refractivity contribution in [2.24, 2.45) is 0 Å². The number of hydrogen-bond donors (Lipinski definition) is 0. The van der Waals surface area contributed by atoms with E-state index in [1.165, 1.54) is 11.8 Å². The maximum atomic E-state index is 13.5. The van der Waals surface area contributed by atoms with Crippen LogP contribution in [0.5, 0.6) is 0 Å². The van der Waals surface area contributed by atoms with Gasteiger partial charge in [0, 0.05) is 5.56 Å². The minimum absolute atomic E-state index is 0.00974. The Morgan fingerprint density at radius 3 is 2.40 bits per heavy atom. The molecule has 150 valence electrons. The molecule has 0 saturated heterocycles. The van der Waals surface area contributed by atoms with Gasteiger partial charge in [-0.3, -0.25) is 14.2 Å². The lowest BCUT2D eigenvalue weighted by molar-refractivity contribution is 0.0994. The number of benzene rings is 3. The van der Waals surface area contributed by atoms with E-state index in [0.29, 0.717) is 21.6 Å². The van der Waals surface area contributed by atoms with Crippen molar-refractivity contribution in [1.29, 1.82) is 0 Å². The summed E-state index contributed by atoms with van der Waals surface area (Å²) in [4.78, 5) is 31.2. The Hall–Kier alpha value is -3.18. The summed E-state index contributed by atoms with van der Waals surface area (Å²) in [6, 6.07) is 22.4. The number of aryl methyl sites for hydroxylation is 1. The Bertz CT molecular complexity index is 1300. The van der Waals surface area contributed by atoms with Crippen molar-refractivity contribution < 1.29 is 4.79 Å². The molecule has 1 unspecified atom stereocenters. The number of aromatic nitrogens is 2. The Kier molecular flexibility index (Phi) is 5.55. The van der Waals surface area contributed by atoms with E-state index in [2.05, 4.69) is 0 Å². The zero-order valence-corrected chi connectivity index (χ0v) is 17.9. The molecule has 4 aromatic rings. The van der Waals surface area contributed by atoms with Crippen LogP contribution in [0.4, 0.5) is 0 Å². The molecule has 0 aliphatic rings. The summed E-state index contributed by atoms with van der Waals surface area (Å²) < 4.78 is 1.64. The lowest BCUT2D eigenvalue weighted by Gasteiger charge is -2.18. The first-order chi connectivity index (χ1) is 14.5. The molecule has 30 heavy (non-hydrogen) atoms. The number of para-hydroxylation sites is 1. The van der Waals surface area contributed by atoms with Crippen molar-refractivity contribution in [3.63, 3.8) is 0 Å². The van der Waals surface area contributed by atoms with Gasteiger partial charge in [0.1, 0.15) is 0 Å². The summed E-state index contributed by atoms with van der Waals surface area (Å²) in [6.45, 7) is 5.88. The number of hydrogen-bond acceptors (Lipinski definition) is 4. The molecular weight excluding hydrogens is 392 g/mol. The van der Waals surface area contributed by atoms with Crippen LogP contribution in [0.15, 0.2) is 82.7 Å². The van der Waals surface area contributed by atoms with E-state index < -0.39 is 5.25 Å². The molecule has 0 N–H and O–H groups in total.